The topological polar surface area (TPSA) is 57.0 Å². The van der Waals surface area contributed by atoms with Gasteiger partial charge in [0, 0.05) is 26.2 Å². The molecule has 2 saturated heterocycles. The Morgan fingerprint density at radius 1 is 1.00 bits per heavy atom. The van der Waals surface area contributed by atoms with E-state index in [0.29, 0.717) is 38.5 Å². The first-order valence-electron chi connectivity index (χ1n) is 7.57. The number of hydrogen-bond donors (Lipinski definition) is 0. The van der Waals surface area contributed by atoms with E-state index in [0.717, 1.165) is 13.1 Å². The Hall–Kier alpha value is -1.82. The van der Waals surface area contributed by atoms with Gasteiger partial charge >= 0.3 is 0 Å². The van der Waals surface area contributed by atoms with Crippen LogP contribution in [0.3, 0.4) is 0 Å². The van der Waals surface area contributed by atoms with Crippen LogP contribution in [0.4, 0.5) is 0 Å². The highest BCUT2D eigenvalue weighted by Crippen LogP contribution is 2.11. The monoisotopic (exact) mass is 291 g/mol. The summed E-state index contributed by atoms with van der Waals surface area (Å²) in [5, 5.41) is 0. The lowest BCUT2D eigenvalue weighted by atomic mass is 10.2. The first-order chi connectivity index (χ1) is 10.2. The average molecular weight is 291 g/mol. The third-order valence-electron chi connectivity index (χ3n) is 4.21. The maximum atomic E-state index is 12.2. The van der Waals surface area contributed by atoms with Gasteiger partial charge in [-0.05, 0) is 38.1 Å². The van der Waals surface area contributed by atoms with E-state index in [1.807, 2.05) is 4.90 Å². The van der Waals surface area contributed by atoms with Crippen molar-refractivity contribution in [3.8, 4) is 0 Å². The lowest BCUT2D eigenvalue weighted by Crippen LogP contribution is -2.52. The molecule has 0 bridgehead atoms. The second kappa shape index (κ2) is 6.30. The zero-order chi connectivity index (χ0) is 14.7. The number of nitrogens with zero attached hydrogens (tertiary/aromatic N) is 3. The zero-order valence-corrected chi connectivity index (χ0v) is 12.2. The molecule has 0 radical (unpaired) electrons. The molecule has 2 amide bonds. The Labute approximate surface area is 124 Å². The molecule has 1 aromatic heterocycles. The summed E-state index contributed by atoms with van der Waals surface area (Å²) in [6.07, 6.45) is 3.89. The number of carbonyl (C=O) groups excluding carboxylic acids is 2. The Morgan fingerprint density at radius 2 is 1.67 bits per heavy atom. The highest BCUT2D eigenvalue weighted by atomic mass is 16.3. The van der Waals surface area contributed by atoms with Crippen LogP contribution in [0, 0.1) is 0 Å². The Balaban J connectivity index is 1.48. The molecule has 3 heterocycles. The molecule has 0 unspecified atom stereocenters. The predicted molar refractivity (Wildman–Crippen MR) is 76.9 cm³/mol. The number of rotatable bonds is 3. The molecule has 0 atom stereocenters. The highest BCUT2D eigenvalue weighted by Gasteiger charge is 2.27. The van der Waals surface area contributed by atoms with Crippen LogP contribution >= 0.6 is 0 Å². The predicted octanol–water partition coefficient (Wildman–Crippen LogP) is 0.660. The first-order valence-corrected chi connectivity index (χ1v) is 7.57. The Morgan fingerprint density at radius 3 is 2.29 bits per heavy atom. The van der Waals surface area contributed by atoms with Crippen LogP contribution in [0.2, 0.25) is 0 Å². The minimum Gasteiger partial charge on any atom is -0.459 e. The Bertz CT molecular complexity index is 486. The first kappa shape index (κ1) is 14.1. The summed E-state index contributed by atoms with van der Waals surface area (Å²) >= 11 is 0. The summed E-state index contributed by atoms with van der Waals surface area (Å²) in [5.74, 6) is 0.459. The van der Waals surface area contributed by atoms with Crippen LogP contribution in [-0.2, 0) is 4.79 Å². The number of furan rings is 1. The Kier molecular flexibility index (Phi) is 4.24. The van der Waals surface area contributed by atoms with Gasteiger partial charge in [-0.25, -0.2) is 0 Å². The largest absolute Gasteiger partial charge is 0.459 e. The van der Waals surface area contributed by atoms with Crippen molar-refractivity contribution in [3.63, 3.8) is 0 Å². The molecule has 2 aliphatic rings. The van der Waals surface area contributed by atoms with E-state index >= 15 is 0 Å². The van der Waals surface area contributed by atoms with Gasteiger partial charge in [-0.3, -0.25) is 14.5 Å². The number of piperazine rings is 1. The van der Waals surface area contributed by atoms with Gasteiger partial charge in [-0.2, -0.15) is 0 Å². The average Bonchev–Trinajstić information content (AvgIpc) is 3.20. The van der Waals surface area contributed by atoms with Gasteiger partial charge < -0.3 is 14.2 Å². The fourth-order valence-electron chi connectivity index (χ4n) is 2.95. The normalized spacial score (nSPS) is 20.0. The molecule has 0 saturated carbocycles. The fourth-order valence-corrected chi connectivity index (χ4v) is 2.95. The van der Waals surface area contributed by atoms with Crippen LogP contribution < -0.4 is 0 Å². The quantitative estimate of drug-likeness (QED) is 0.821. The molecule has 0 N–H and O–H groups in total. The van der Waals surface area contributed by atoms with Gasteiger partial charge in [0.05, 0.1) is 12.8 Å². The molecule has 1 aromatic rings. The summed E-state index contributed by atoms with van der Waals surface area (Å²) in [6, 6.07) is 3.39. The highest BCUT2D eigenvalue weighted by molar-refractivity contribution is 5.91. The molecule has 0 aromatic carbocycles. The molecule has 2 fully saturated rings. The lowest BCUT2D eigenvalue weighted by Gasteiger charge is -2.35. The number of amides is 2. The van der Waals surface area contributed by atoms with Gasteiger partial charge in [0.15, 0.2) is 5.76 Å². The van der Waals surface area contributed by atoms with Gasteiger partial charge in [-0.1, -0.05) is 0 Å². The minimum absolute atomic E-state index is 0.0911. The van der Waals surface area contributed by atoms with Gasteiger partial charge in [0.25, 0.3) is 5.91 Å². The summed E-state index contributed by atoms with van der Waals surface area (Å²) in [7, 11) is 0. The SMILES string of the molecule is O=C(CN1CCCC1)N1CCN(C(=O)c2ccco2)CC1. The lowest BCUT2D eigenvalue weighted by molar-refractivity contribution is -0.133. The summed E-state index contributed by atoms with van der Waals surface area (Å²) in [6.45, 7) is 4.95. The van der Waals surface area contributed by atoms with E-state index in [1.54, 1.807) is 17.0 Å². The van der Waals surface area contributed by atoms with E-state index in [4.69, 9.17) is 4.42 Å². The maximum absolute atomic E-state index is 12.2. The van der Waals surface area contributed by atoms with Crippen molar-refractivity contribution in [1.29, 1.82) is 0 Å². The zero-order valence-electron chi connectivity index (χ0n) is 12.2. The number of likely N-dealkylation sites (tertiary alicyclic amines) is 1. The van der Waals surface area contributed by atoms with Crippen molar-refractivity contribution in [2.45, 2.75) is 12.8 Å². The fraction of sp³-hybridized carbons (Fsp3) is 0.600. The van der Waals surface area contributed by atoms with Crippen LogP contribution in [0.1, 0.15) is 23.4 Å². The minimum atomic E-state index is -0.0911. The van der Waals surface area contributed by atoms with Crippen LogP contribution in [-0.4, -0.2) is 72.3 Å². The molecule has 0 aliphatic carbocycles. The van der Waals surface area contributed by atoms with E-state index in [-0.39, 0.29) is 11.8 Å². The van der Waals surface area contributed by atoms with Crippen molar-refractivity contribution in [3.05, 3.63) is 24.2 Å². The van der Waals surface area contributed by atoms with Crippen molar-refractivity contribution in [2.24, 2.45) is 0 Å². The molecule has 6 nitrogen and oxygen atoms in total. The standard InChI is InChI=1S/C15H21N3O3/c19-14(12-16-5-1-2-6-16)17-7-9-18(10-8-17)15(20)13-4-3-11-21-13/h3-4,11H,1-2,5-10,12H2. The number of hydrogen-bond acceptors (Lipinski definition) is 4. The second-order valence-corrected chi connectivity index (χ2v) is 5.63. The summed E-state index contributed by atoms with van der Waals surface area (Å²) in [4.78, 5) is 30.2. The molecular formula is C15H21N3O3. The molecule has 114 valence electrons. The van der Waals surface area contributed by atoms with Gasteiger partial charge in [-0.15, -0.1) is 0 Å². The van der Waals surface area contributed by atoms with E-state index < -0.39 is 0 Å². The van der Waals surface area contributed by atoms with Crippen molar-refractivity contribution < 1.29 is 14.0 Å². The van der Waals surface area contributed by atoms with Crippen LogP contribution in [0.25, 0.3) is 0 Å². The smallest absolute Gasteiger partial charge is 0.289 e. The van der Waals surface area contributed by atoms with Crippen LogP contribution in [0.5, 0.6) is 0 Å². The van der Waals surface area contributed by atoms with Gasteiger partial charge in [0.2, 0.25) is 5.91 Å². The molecule has 6 heteroatoms. The third kappa shape index (κ3) is 3.26. The van der Waals surface area contributed by atoms with E-state index in [1.165, 1.54) is 19.1 Å². The summed E-state index contributed by atoms with van der Waals surface area (Å²) < 4.78 is 5.13. The maximum Gasteiger partial charge on any atom is 0.289 e. The van der Waals surface area contributed by atoms with Crippen LogP contribution in [0.15, 0.2) is 22.8 Å². The second-order valence-electron chi connectivity index (χ2n) is 5.63. The third-order valence-corrected chi connectivity index (χ3v) is 4.21. The summed E-state index contributed by atoms with van der Waals surface area (Å²) in [5.41, 5.74) is 0. The van der Waals surface area contributed by atoms with Crippen molar-refractivity contribution in [1.82, 2.24) is 14.7 Å². The van der Waals surface area contributed by atoms with E-state index in [9.17, 15) is 9.59 Å². The van der Waals surface area contributed by atoms with Gasteiger partial charge in [0.1, 0.15) is 0 Å². The molecule has 3 rings (SSSR count). The van der Waals surface area contributed by atoms with Crippen molar-refractivity contribution >= 4 is 11.8 Å². The van der Waals surface area contributed by atoms with Crippen molar-refractivity contribution in [2.75, 3.05) is 45.8 Å². The molecule has 2 aliphatic heterocycles. The van der Waals surface area contributed by atoms with E-state index in [2.05, 4.69) is 4.90 Å². The molecule has 0 spiro atoms. The molecular weight excluding hydrogens is 270 g/mol. The molecule has 21 heavy (non-hydrogen) atoms. The number of carbonyl (C=O) groups is 2.